The Morgan fingerprint density at radius 3 is 2.84 bits per heavy atom. The fourth-order valence-corrected chi connectivity index (χ4v) is 3.05. The third-order valence-electron chi connectivity index (χ3n) is 4.38. The molecule has 0 unspecified atom stereocenters. The van der Waals surface area contributed by atoms with E-state index in [9.17, 15) is 4.79 Å². The smallest absolute Gasteiger partial charge is 0.309 e. The number of hydrogen-bond donors (Lipinski definition) is 0. The quantitative estimate of drug-likeness (QED) is 0.749. The minimum absolute atomic E-state index is 0.145. The zero-order chi connectivity index (χ0) is 17.8. The number of carbonyl (C=O) groups is 1. The topological polar surface area (TPSA) is 75.5 Å². The van der Waals surface area contributed by atoms with Crippen molar-refractivity contribution in [2.45, 2.75) is 32.7 Å². The van der Waals surface area contributed by atoms with Crippen molar-refractivity contribution in [3.05, 3.63) is 24.0 Å². The van der Waals surface area contributed by atoms with E-state index >= 15 is 0 Å². The highest BCUT2D eigenvalue weighted by Crippen LogP contribution is 2.33. The Morgan fingerprint density at radius 1 is 1.28 bits per heavy atom. The van der Waals surface area contributed by atoms with Crippen molar-refractivity contribution in [3.8, 4) is 22.9 Å². The Balaban J connectivity index is 1.86. The first-order valence-electron chi connectivity index (χ1n) is 8.49. The van der Waals surface area contributed by atoms with Gasteiger partial charge in [-0.2, -0.15) is 0 Å². The number of methoxy groups -OCH3 is 2. The van der Waals surface area contributed by atoms with Gasteiger partial charge in [0.25, 0.3) is 0 Å². The fraction of sp³-hybridized carbons (Fsp3) is 0.500. The Kier molecular flexibility index (Phi) is 5.21. The molecule has 134 valence electrons. The molecule has 1 atom stereocenters. The normalized spacial score (nSPS) is 16.2. The first kappa shape index (κ1) is 17.3. The van der Waals surface area contributed by atoms with Crippen LogP contribution >= 0.6 is 0 Å². The first-order chi connectivity index (χ1) is 12.2. The fourth-order valence-electron chi connectivity index (χ4n) is 3.05. The van der Waals surface area contributed by atoms with Crippen LogP contribution in [0.3, 0.4) is 0 Å². The van der Waals surface area contributed by atoms with Crippen molar-refractivity contribution in [2.24, 2.45) is 5.92 Å². The molecule has 0 aliphatic carbocycles. The van der Waals surface area contributed by atoms with Crippen LogP contribution in [0.2, 0.25) is 0 Å². The number of ether oxygens (including phenoxy) is 3. The Labute approximate surface area is 146 Å². The Morgan fingerprint density at radius 2 is 2.12 bits per heavy atom. The molecule has 0 saturated carbocycles. The first-order valence-corrected chi connectivity index (χ1v) is 8.49. The molecule has 2 heterocycles. The minimum atomic E-state index is -0.185. The molecular weight excluding hydrogens is 322 g/mol. The van der Waals surface area contributed by atoms with Crippen LogP contribution in [-0.4, -0.2) is 41.6 Å². The van der Waals surface area contributed by atoms with E-state index in [0.29, 0.717) is 25.3 Å². The lowest BCUT2D eigenvalue weighted by Gasteiger charge is -2.21. The molecule has 1 aromatic carbocycles. The number of esters is 1. The third-order valence-corrected chi connectivity index (χ3v) is 4.38. The summed E-state index contributed by atoms with van der Waals surface area (Å²) in [5.41, 5.74) is 0.913. The number of aromatic nitrogens is 3. The van der Waals surface area contributed by atoms with Gasteiger partial charge in [-0.3, -0.25) is 4.79 Å². The van der Waals surface area contributed by atoms with Crippen LogP contribution in [0.15, 0.2) is 18.2 Å². The van der Waals surface area contributed by atoms with Crippen LogP contribution in [0.25, 0.3) is 11.4 Å². The summed E-state index contributed by atoms with van der Waals surface area (Å²) in [6, 6.07) is 5.76. The van der Waals surface area contributed by atoms with Crippen molar-refractivity contribution in [1.29, 1.82) is 0 Å². The summed E-state index contributed by atoms with van der Waals surface area (Å²) >= 11 is 0. The number of carbonyl (C=O) groups excluding carboxylic acids is 1. The van der Waals surface area contributed by atoms with Gasteiger partial charge in [0, 0.05) is 18.5 Å². The van der Waals surface area contributed by atoms with Crippen molar-refractivity contribution in [1.82, 2.24) is 14.8 Å². The van der Waals surface area contributed by atoms with Crippen LogP contribution in [0, 0.1) is 5.92 Å². The van der Waals surface area contributed by atoms with Gasteiger partial charge in [0.2, 0.25) is 0 Å². The van der Waals surface area contributed by atoms with E-state index < -0.39 is 0 Å². The lowest BCUT2D eigenvalue weighted by atomic mass is 9.98. The number of rotatable bonds is 6. The Bertz CT molecular complexity index is 757. The van der Waals surface area contributed by atoms with Gasteiger partial charge in [-0.05, 0) is 31.0 Å². The van der Waals surface area contributed by atoms with Crippen LogP contribution < -0.4 is 9.47 Å². The summed E-state index contributed by atoms with van der Waals surface area (Å²) in [6.07, 6.45) is 2.21. The highest BCUT2D eigenvalue weighted by molar-refractivity contribution is 5.72. The average Bonchev–Trinajstić information content (AvgIpc) is 3.08. The van der Waals surface area contributed by atoms with E-state index in [4.69, 9.17) is 14.2 Å². The van der Waals surface area contributed by atoms with Crippen LogP contribution in [0.5, 0.6) is 11.5 Å². The van der Waals surface area contributed by atoms with Gasteiger partial charge in [-0.25, -0.2) is 0 Å². The number of nitrogens with zero attached hydrogens (tertiary/aromatic N) is 3. The van der Waals surface area contributed by atoms with Gasteiger partial charge in [0.1, 0.15) is 5.82 Å². The summed E-state index contributed by atoms with van der Waals surface area (Å²) < 4.78 is 18.0. The number of hydrogen-bond acceptors (Lipinski definition) is 6. The molecular formula is C18H23N3O4. The molecule has 0 saturated heterocycles. The zero-order valence-electron chi connectivity index (χ0n) is 14.8. The largest absolute Gasteiger partial charge is 0.493 e. The van der Waals surface area contributed by atoms with Crippen LogP contribution in [0.1, 0.15) is 25.6 Å². The second kappa shape index (κ2) is 7.55. The predicted octanol–water partition coefficient (Wildman–Crippen LogP) is 2.48. The molecule has 1 aromatic heterocycles. The minimum Gasteiger partial charge on any atom is -0.493 e. The van der Waals surface area contributed by atoms with Gasteiger partial charge >= 0.3 is 5.97 Å². The van der Waals surface area contributed by atoms with E-state index in [1.54, 1.807) is 7.11 Å². The summed E-state index contributed by atoms with van der Waals surface area (Å²) in [7, 11) is 3.04. The maximum absolute atomic E-state index is 11.8. The Hall–Kier alpha value is -2.57. The van der Waals surface area contributed by atoms with E-state index in [1.165, 1.54) is 7.11 Å². The summed E-state index contributed by atoms with van der Waals surface area (Å²) in [6.45, 7) is 3.39. The van der Waals surface area contributed by atoms with Crippen LogP contribution in [0.4, 0.5) is 0 Å². The van der Waals surface area contributed by atoms with E-state index in [-0.39, 0.29) is 11.9 Å². The summed E-state index contributed by atoms with van der Waals surface area (Å²) in [5, 5.41) is 8.58. The molecule has 7 nitrogen and oxygen atoms in total. The van der Waals surface area contributed by atoms with Crippen molar-refractivity contribution >= 4 is 5.97 Å². The number of fused-ring (bicyclic) bond motifs is 1. The van der Waals surface area contributed by atoms with Gasteiger partial charge in [-0.15, -0.1) is 10.2 Å². The van der Waals surface area contributed by atoms with Gasteiger partial charge in [0.15, 0.2) is 17.3 Å². The van der Waals surface area contributed by atoms with Gasteiger partial charge < -0.3 is 18.8 Å². The lowest BCUT2D eigenvalue weighted by Crippen LogP contribution is -2.27. The SMILES string of the molecule is CCCOc1ccc(-c2nnc3n2CC[C@H](C(=O)OC)C3)cc1OC. The standard InChI is InChI=1S/C18H23N3O4/c1-4-9-25-14-6-5-12(10-15(14)23-2)17-20-19-16-11-13(18(22)24-3)7-8-21(16)17/h5-6,10,13H,4,7-9,11H2,1-3H3/t13-/m0/s1. The van der Waals surface area contributed by atoms with E-state index in [0.717, 1.165) is 35.8 Å². The third kappa shape index (κ3) is 3.45. The molecule has 2 aromatic rings. The molecule has 1 aliphatic rings. The zero-order valence-corrected chi connectivity index (χ0v) is 14.8. The predicted molar refractivity (Wildman–Crippen MR) is 91.6 cm³/mol. The molecule has 3 rings (SSSR count). The molecule has 1 aliphatic heterocycles. The molecule has 0 spiro atoms. The maximum atomic E-state index is 11.8. The van der Waals surface area contributed by atoms with E-state index in [2.05, 4.69) is 21.7 Å². The second-order valence-electron chi connectivity index (χ2n) is 6.02. The molecule has 0 amide bonds. The lowest BCUT2D eigenvalue weighted by molar-refractivity contribution is -0.146. The summed E-state index contributed by atoms with van der Waals surface area (Å²) in [4.78, 5) is 11.8. The maximum Gasteiger partial charge on any atom is 0.309 e. The average molecular weight is 345 g/mol. The molecule has 0 bridgehead atoms. The summed E-state index contributed by atoms with van der Waals surface area (Å²) in [5.74, 6) is 2.65. The van der Waals surface area contributed by atoms with Gasteiger partial charge in [0.05, 0.1) is 26.7 Å². The van der Waals surface area contributed by atoms with Gasteiger partial charge in [-0.1, -0.05) is 6.92 Å². The monoisotopic (exact) mass is 345 g/mol. The van der Waals surface area contributed by atoms with Crippen molar-refractivity contribution in [3.63, 3.8) is 0 Å². The molecule has 0 radical (unpaired) electrons. The molecule has 25 heavy (non-hydrogen) atoms. The van der Waals surface area contributed by atoms with Crippen LogP contribution in [-0.2, 0) is 22.5 Å². The highest BCUT2D eigenvalue weighted by atomic mass is 16.5. The van der Waals surface area contributed by atoms with Crippen molar-refractivity contribution in [2.75, 3.05) is 20.8 Å². The molecule has 0 fully saturated rings. The molecule has 7 heteroatoms. The highest BCUT2D eigenvalue weighted by Gasteiger charge is 2.29. The van der Waals surface area contributed by atoms with E-state index in [1.807, 2.05) is 18.2 Å². The second-order valence-corrected chi connectivity index (χ2v) is 6.02. The number of benzene rings is 1. The van der Waals surface area contributed by atoms with Crippen molar-refractivity contribution < 1.29 is 19.0 Å². The molecule has 0 N–H and O–H groups in total.